The van der Waals surface area contributed by atoms with Gasteiger partial charge in [-0.15, -0.1) is 0 Å². The molecule has 2 aromatic carbocycles. The standard InChI is InChI=1S/C18H21ClN2O4S/c1-13-10-16(25-2)6-7-17(13)26(23,24)21-12-18(22)20-9-8-14-4-3-5-15(19)11-14/h3-7,10-11,21H,8-9,12H2,1-2H3,(H,20,22). The first-order valence-corrected chi connectivity index (χ1v) is 9.83. The van der Waals surface area contributed by atoms with Gasteiger partial charge >= 0.3 is 0 Å². The Balaban J connectivity index is 1.86. The van der Waals surface area contributed by atoms with E-state index in [0.717, 1.165) is 5.56 Å². The van der Waals surface area contributed by atoms with Crippen LogP contribution in [0, 0.1) is 6.92 Å². The average Bonchev–Trinajstić information content (AvgIpc) is 2.60. The number of hydrogen-bond acceptors (Lipinski definition) is 4. The summed E-state index contributed by atoms with van der Waals surface area (Å²) >= 11 is 5.90. The van der Waals surface area contributed by atoms with Crippen molar-refractivity contribution in [1.82, 2.24) is 10.0 Å². The first-order valence-electron chi connectivity index (χ1n) is 7.97. The van der Waals surface area contributed by atoms with Gasteiger partial charge in [0, 0.05) is 11.6 Å². The van der Waals surface area contributed by atoms with Crippen molar-refractivity contribution in [3.8, 4) is 5.75 Å². The Morgan fingerprint density at radius 2 is 1.96 bits per heavy atom. The number of halogens is 1. The highest BCUT2D eigenvalue weighted by atomic mass is 35.5. The minimum absolute atomic E-state index is 0.116. The summed E-state index contributed by atoms with van der Waals surface area (Å²) in [5.74, 6) is 0.168. The highest BCUT2D eigenvalue weighted by molar-refractivity contribution is 7.89. The van der Waals surface area contributed by atoms with Gasteiger partial charge in [0.1, 0.15) is 5.75 Å². The van der Waals surface area contributed by atoms with Crippen LogP contribution in [0.5, 0.6) is 5.75 Å². The summed E-state index contributed by atoms with van der Waals surface area (Å²) in [6.07, 6.45) is 0.608. The number of carbonyl (C=O) groups excluding carboxylic acids is 1. The molecule has 140 valence electrons. The van der Waals surface area contributed by atoms with Crippen LogP contribution in [0.3, 0.4) is 0 Å². The molecule has 8 heteroatoms. The van der Waals surface area contributed by atoms with Gasteiger partial charge in [-0.3, -0.25) is 4.79 Å². The van der Waals surface area contributed by atoms with Crippen molar-refractivity contribution in [2.75, 3.05) is 20.2 Å². The maximum Gasteiger partial charge on any atom is 0.241 e. The van der Waals surface area contributed by atoms with Crippen molar-refractivity contribution >= 4 is 27.5 Å². The summed E-state index contributed by atoms with van der Waals surface area (Å²) in [6, 6.07) is 12.0. The van der Waals surface area contributed by atoms with E-state index < -0.39 is 15.9 Å². The normalized spacial score (nSPS) is 11.2. The summed E-state index contributed by atoms with van der Waals surface area (Å²) in [5, 5.41) is 3.31. The third-order valence-electron chi connectivity index (χ3n) is 3.72. The monoisotopic (exact) mass is 396 g/mol. The lowest BCUT2D eigenvalue weighted by Gasteiger charge is -2.11. The summed E-state index contributed by atoms with van der Waals surface area (Å²) in [7, 11) is -2.27. The number of methoxy groups -OCH3 is 1. The molecular formula is C18H21ClN2O4S. The second-order valence-corrected chi connectivity index (χ2v) is 7.86. The van der Waals surface area contributed by atoms with E-state index in [1.54, 1.807) is 25.1 Å². The minimum Gasteiger partial charge on any atom is -0.497 e. The fraction of sp³-hybridized carbons (Fsp3) is 0.278. The van der Waals surface area contributed by atoms with Crippen LogP contribution in [0.15, 0.2) is 47.4 Å². The summed E-state index contributed by atoms with van der Waals surface area (Å²) < 4.78 is 32.1. The topological polar surface area (TPSA) is 84.5 Å². The van der Waals surface area contributed by atoms with Gasteiger partial charge in [-0.05, 0) is 54.8 Å². The number of amides is 1. The smallest absolute Gasteiger partial charge is 0.241 e. The zero-order chi connectivity index (χ0) is 19.2. The van der Waals surface area contributed by atoms with Crippen molar-refractivity contribution < 1.29 is 17.9 Å². The quantitative estimate of drug-likeness (QED) is 0.717. The Morgan fingerprint density at radius 1 is 1.19 bits per heavy atom. The van der Waals surface area contributed by atoms with Gasteiger partial charge in [0.15, 0.2) is 0 Å². The van der Waals surface area contributed by atoms with E-state index in [2.05, 4.69) is 10.0 Å². The lowest BCUT2D eigenvalue weighted by molar-refractivity contribution is -0.119. The van der Waals surface area contributed by atoms with Crippen molar-refractivity contribution in [2.24, 2.45) is 0 Å². The molecule has 1 amide bonds. The van der Waals surface area contributed by atoms with Crippen LogP contribution in [0.4, 0.5) is 0 Å². The number of aryl methyl sites for hydroxylation is 1. The highest BCUT2D eigenvalue weighted by Gasteiger charge is 2.18. The Morgan fingerprint density at radius 3 is 2.62 bits per heavy atom. The maximum atomic E-state index is 12.3. The van der Waals surface area contributed by atoms with Crippen molar-refractivity contribution in [1.29, 1.82) is 0 Å². The number of benzene rings is 2. The molecule has 0 saturated carbocycles. The largest absolute Gasteiger partial charge is 0.497 e. The summed E-state index contributed by atoms with van der Waals surface area (Å²) in [6.45, 7) is 1.73. The van der Waals surface area contributed by atoms with E-state index in [9.17, 15) is 13.2 Å². The number of carbonyl (C=O) groups is 1. The molecular weight excluding hydrogens is 376 g/mol. The molecule has 0 aliphatic carbocycles. The fourth-order valence-electron chi connectivity index (χ4n) is 2.39. The lowest BCUT2D eigenvalue weighted by Crippen LogP contribution is -2.37. The van der Waals surface area contributed by atoms with E-state index in [0.29, 0.717) is 29.3 Å². The Kier molecular flexibility index (Phi) is 7.02. The molecule has 0 aliphatic heterocycles. The maximum absolute atomic E-state index is 12.3. The molecule has 0 radical (unpaired) electrons. The third-order valence-corrected chi connectivity index (χ3v) is 5.52. The van der Waals surface area contributed by atoms with E-state index in [4.69, 9.17) is 16.3 Å². The Labute approximate surface area is 158 Å². The van der Waals surface area contributed by atoms with Crippen LogP contribution < -0.4 is 14.8 Å². The molecule has 0 aliphatic rings. The molecule has 0 unspecified atom stereocenters. The van der Waals surface area contributed by atoms with Gasteiger partial charge in [-0.1, -0.05) is 23.7 Å². The van der Waals surface area contributed by atoms with Gasteiger partial charge in [-0.25, -0.2) is 13.1 Å². The van der Waals surface area contributed by atoms with Gasteiger partial charge in [-0.2, -0.15) is 0 Å². The van der Waals surface area contributed by atoms with Gasteiger partial charge in [0.2, 0.25) is 15.9 Å². The molecule has 2 N–H and O–H groups in total. The van der Waals surface area contributed by atoms with Crippen LogP contribution in [0.2, 0.25) is 5.02 Å². The molecule has 26 heavy (non-hydrogen) atoms. The van der Waals surface area contributed by atoms with Crippen LogP contribution >= 0.6 is 11.6 Å². The zero-order valence-electron chi connectivity index (χ0n) is 14.6. The molecule has 0 saturated heterocycles. The molecule has 0 heterocycles. The van der Waals surface area contributed by atoms with Crippen molar-refractivity contribution in [2.45, 2.75) is 18.2 Å². The van der Waals surface area contributed by atoms with E-state index in [1.165, 1.54) is 13.2 Å². The Hall–Kier alpha value is -2.09. The second kappa shape index (κ2) is 9.02. The molecule has 0 bridgehead atoms. The first kappa shape index (κ1) is 20.2. The van der Waals surface area contributed by atoms with Crippen molar-refractivity contribution in [3.05, 3.63) is 58.6 Å². The number of nitrogens with one attached hydrogen (secondary N) is 2. The van der Waals surface area contributed by atoms with E-state index >= 15 is 0 Å². The second-order valence-electron chi connectivity index (χ2n) is 5.69. The first-order chi connectivity index (χ1) is 12.3. The van der Waals surface area contributed by atoms with Gasteiger partial charge < -0.3 is 10.1 Å². The minimum atomic E-state index is -3.78. The summed E-state index contributed by atoms with van der Waals surface area (Å²) in [5.41, 5.74) is 1.53. The fourth-order valence-corrected chi connectivity index (χ4v) is 3.81. The highest BCUT2D eigenvalue weighted by Crippen LogP contribution is 2.20. The molecule has 6 nitrogen and oxygen atoms in total. The third kappa shape index (κ3) is 5.72. The zero-order valence-corrected chi connectivity index (χ0v) is 16.2. The summed E-state index contributed by atoms with van der Waals surface area (Å²) in [4.78, 5) is 12.0. The van der Waals surface area contributed by atoms with Crippen LogP contribution in [-0.4, -0.2) is 34.5 Å². The lowest BCUT2D eigenvalue weighted by atomic mass is 10.1. The van der Waals surface area contributed by atoms with Crippen LogP contribution in [0.1, 0.15) is 11.1 Å². The predicted molar refractivity (Wildman–Crippen MR) is 101 cm³/mol. The van der Waals surface area contributed by atoms with Gasteiger partial charge in [0.05, 0.1) is 18.6 Å². The average molecular weight is 397 g/mol. The number of hydrogen-bond donors (Lipinski definition) is 2. The van der Waals surface area contributed by atoms with Crippen molar-refractivity contribution in [3.63, 3.8) is 0 Å². The number of sulfonamides is 1. The predicted octanol–water partition coefficient (Wildman–Crippen LogP) is 2.29. The van der Waals surface area contributed by atoms with E-state index in [-0.39, 0.29) is 11.4 Å². The molecule has 0 spiro atoms. The SMILES string of the molecule is COc1ccc(S(=O)(=O)NCC(=O)NCCc2cccc(Cl)c2)c(C)c1. The van der Waals surface area contributed by atoms with E-state index in [1.807, 2.05) is 18.2 Å². The van der Waals surface area contributed by atoms with Crippen LogP contribution in [-0.2, 0) is 21.2 Å². The molecule has 2 aromatic rings. The number of rotatable bonds is 8. The molecule has 2 rings (SSSR count). The molecule has 0 aromatic heterocycles. The molecule has 0 atom stereocenters. The number of ether oxygens (including phenoxy) is 1. The Bertz CT molecular complexity index is 885. The van der Waals surface area contributed by atoms with Gasteiger partial charge in [0.25, 0.3) is 0 Å². The molecule has 0 fully saturated rings. The van der Waals surface area contributed by atoms with Crippen LogP contribution in [0.25, 0.3) is 0 Å².